The van der Waals surface area contributed by atoms with Crippen LogP contribution in [-0.4, -0.2) is 80.4 Å². The maximum absolute atomic E-state index is 13.0. The van der Waals surface area contributed by atoms with Gasteiger partial charge in [-0.05, 0) is 43.4 Å². The largest absolute Gasteiger partial charge is 0.489 e. The molecule has 2 aliphatic heterocycles. The first-order chi connectivity index (χ1) is 13.6. The molecule has 2 fully saturated rings. The fraction of sp³-hybridized carbons (Fsp3) is 0.650. The summed E-state index contributed by atoms with van der Waals surface area (Å²) in [5, 5.41) is 6.85. The first-order valence-electron chi connectivity index (χ1n) is 9.89. The van der Waals surface area contributed by atoms with Gasteiger partial charge in [-0.2, -0.15) is 11.8 Å². The van der Waals surface area contributed by atoms with Crippen molar-refractivity contribution in [2.24, 2.45) is 4.99 Å². The van der Waals surface area contributed by atoms with Gasteiger partial charge >= 0.3 is 0 Å². The Labute approximate surface area is 194 Å². The van der Waals surface area contributed by atoms with E-state index < -0.39 is 0 Å². The number of aliphatic imine (C=N–C) groups is 1. The van der Waals surface area contributed by atoms with Gasteiger partial charge in [0.15, 0.2) is 5.96 Å². The van der Waals surface area contributed by atoms with Gasteiger partial charge in [0.05, 0.1) is 19.8 Å². The standard InChI is InChI=1S/C20H31FN4O2S.HI/c1-16(27-18-5-3-17(21)4-6-18)13-23-19(22-2)24-14-20(7-12-28-15-20)25-8-10-26-11-9-25;/h3-6,16H,7-15H2,1-2H3,(H2,22,23,24);1H. The molecular weight excluding hydrogens is 506 g/mol. The molecule has 9 heteroatoms. The molecule has 3 rings (SSSR count). The maximum Gasteiger partial charge on any atom is 0.191 e. The molecule has 2 N–H and O–H groups in total. The Morgan fingerprint density at radius 3 is 2.66 bits per heavy atom. The fourth-order valence-corrected chi connectivity index (χ4v) is 5.11. The number of ether oxygens (including phenoxy) is 2. The Morgan fingerprint density at radius 1 is 1.31 bits per heavy atom. The number of rotatable bonds is 7. The van der Waals surface area contributed by atoms with Crippen LogP contribution in [0.1, 0.15) is 13.3 Å². The Kier molecular flexibility index (Phi) is 10.3. The lowest BCUT2D eigenvalue weighted by Gasteiger charge is -2.43. The van der Waals surface area contributed by atoms with Crippen molar-refractivity contribution in [1.29, 1.82) is 0 Å². The molecule has 1 aromatic carbocycles. The topological polar surface area (TPSA) is 58.1 Å². The Hall–Kier alpha value is -0.780. The van der Waals surface area contributed by atoms with Crippen LogP contribution >= 0.6 is 35.7 Å². The molecule has 1 aromatic rings. The number of hydrogen-bond acceptors (Lipinski definition) is 5. The van der Waals surface area contributed by atoms with E-state index in [1.165, 1.54) is 24.3 Å². The van der Waals surface area contributed by atoms with Crippen LogP contribution in [0.5, 0.6) is 5.75 Å². The van der Waals surface area contributed by atoms with Gasteiger partial charge in [-0.3, -0.25) is 9.89 Å². The van der Waals surface area contributed by atoms with Gasteiger partial charge < -0.3 is 20.1 Å². The van der Waals surface area contributed by atoms with Crippen LogP contribution in [0.25, 0.3) is 0 Å². The zero-order chi connectivity index (χ0) is 19.8. The highest BCUT2D eigenvalue weighted by molar-refractivity contribution is 14.0. The molecule has 0 radical (unpaired) electrons. The van der Waals surface area contributed by atoms with Crippen molar-refractivity contribution in [2.75, 3.05) is 57.9 Å². The van der Waals surface area contributed by atoms with Crippen molar-refractivity contribution in [1.82, 2.24) is 15.5 Å². The number of thioether (sulfide) groups is 1. The highest BCUT2D eigenvalue weighted by Gasteiger charge is 2.40. The van der Waals surface area contributed by atoms with Crippen molar-refractivity contribution in [2.45, 2.75) is 25.0 Å². The maximum atomic E-state index is 13.0. The summed E-state index contributed by atoms with van der Waals surface area (Å²) in [6.07, 6.45) is 1.12. The van der Waals surface area contributed by atoms with E-state index in [2.05, 4.69) is 20.5 Å². The van der Waals surface area contributed by atoms with Gasteiger partial charge in [0, 0.05) is 38.0 Å². The number of nitrogens with zero attached hydrogens (tertiary/aromatic N) is 2. The Balaban J connectivity index is 0.00000300. The fourth-order valence-electron chi connectivity index (χ4n) is 3.63. The van der Waals surface area contributed by atoms with E-state index in [1.807, 2.05) is 18.7 Å². The second kappa shape index (κ2) is 12.2. The number of hydrogen-bond donors (Lipinski definition) is 2. The van der Waals surface area contributed by atoms with Crippen LogP contribution < -0.4 is 15.4 Å². The summed E-state index contributed by atoms with van der Waals surface area (Å²) in [6, 6.07) is 6.09. The van der Waals surface area contributed by atoms with Crippen LogP contribution in [0.3, 0.4) is 0 Å². The second-order valence-corrected chi connectivity index (χ2v) is 8.42. The molecule has 0 aromatic heterocycles. The van der Waals surface area contributed by atoms with Gasteiger partial charge in [-0.1, -0.05) is 0 Å². The van der Waals surface area contributed by atoms with Gasteiger partial charge in [0.1, 0.15) is 17.7 Å². The molecular formula is C20H32FIN4O2S. The van der Waals surface area contributed by atoms with Crippen LogP contribution in [0, 0.1) is 5.82 Å². The monoisotopic (exact) mass is 538 g/mol. The second-order valence-electron chi connectivity index (χ2n) is 7.32. The van der Waals surface area contributed by atoms with Crippen LogP contribution in [-0.2, 0) is 4.74 Å². The average molecular weight is 538 g/mol. The molecule has 164 valence electrons. The average Bonchev–Trinajstić information content (AvgIpc) is 3.21. The van der Waals surface area contributed by atoms with E-state index in [0.717, 1.165) is 44.6 Å². The normalized spacial score (nSPS) is 23.9. The zero-order valence-corrected chi connectivity index (χ0v) is 20.3. The Morgan fingerprint density at radius 2 is 2.03 bits per heavy atom. The van der Waals surface area contributed by atoms with E-state index in [-0.39, 0.29) is 41.4 Å². The summed E-state index contributed by atoms with van der Waals surface area (Å²) in [5.74, 6) is 3.52. The summed E-state index contributed by atoms with van der Waals surface area (Å²) in [4.78, 5) is 6.94. The summed E-state index contributed by atoms with van der Waals surface area (Å²) in [5.41, 5.74) is 0.169. The van der Waals surface area contributed by atoms with Crippen LogP contribution in [0.2, 0.25) is 0 Å². The quantitative estimate of drug-likeness (QED) is 0.317. The van der Waals surface area contributed by atoms with Crippen molar-refractivity contribution >= 4 is 41.7 Å². The van der Waals surface area contributed by atoms with E-state index in [4.69, 9.17) is 9.47 Å². The van der Waals surface area contributed by atoms with Gasteiger partial charge in [0.25, 0.3) is 0 Å². The summed E-state index contributed by atoms with van der Waals surface area (Å²) < 4.78 is 24.3. The summed E-state index contributed by atoms with van der Waals surface area (Å²) in [6.45, 7) is 7.08. The number of halogens is 2. The third-order valence-electron chi connectivity index (χ3n) is 5.28. The van der Waals surface area contributed by atoms with Crippen molar-refractivity contribution in [3.05, 3.63) is 30.1 Å². The Bertz CT molecular complexity index is 638. The van der Waals surface area contributed by atoms with Crippen molar-refractivity contribution in [3.8, 4) is 5.75 Å². The number of morpholine rings is 1. The van der Waals surface area contributed by atoms with E-state index in [9.17, 15) is 4.39 Å². The number of nitrogens with one attached hydrogen (secondary N) is 2. The predicted octanol–water partition coefficient (Wildman–Crippen LogP) is 2.58. The minimum Gasteiger partial charge on any atom is -0.489 e. The van der Waals surface area contributed by atoms with Gasteiger partial charge in [-0.25, -0.2) is 4.39 Å². The minimum atomic E-state index is -0.262. The highest BCUT2D eigenvalue weighted by Crippen LogP contribution is 2.33. The first-order valence-corrected chi connectivity index (χ1v) is 11.0. The third-order valence-corrected chi connectivity index (χ3v) is 6.52. The third kappa shape index (κ3) is 7.15. The predicted molar refractivity (Wildman–Crippen MR) is 128 cm³/mol. The first kappa shape index (κ1) is 24.5. The van der Waals surface area contributed by atoms with E-state index >= 15 is 0 Å². The molecule has 2 heterocycles. The number of benzene rings is 1. The van der Waals surface area contributed by atoms with Crippen LogP contribution in [0.4, 0.5) is 4.39 Å². The molecule has 0 bridgehead atoms. The van der Waals surface area contributed by atoms with E-state index in [1.54, 1.807) is 19.2 Å². The minimum absolute atomic E-state index is 0. The molecule has 2 aliphatic rings. The molecule has 0 aliphatic carbocycles. The summed E-state index contributed by atoms with van der Waals surface area (Å²) in [7, 11) is 1.78. The van der Waals surface area contributed by atoms with Crippen molar-refractivity contribution in [3.63, 3.8) is 0 Å². The molecule has 2 unspecified atom stereocenters. The SMILES string of the molecule is CN=C(NCC(C)Oc1ccc(F)cc1)NCC1(N2CCOCC2)CCSC1.I. The molecule has 29 heavy (non-hydrogen) atoms. The summed E-state index contributed by atoms with van der Waals surface area (Å²) >= 11 is 2.02. The molecule has 0 saturated carbocycles. The lowest BCUT2D eigenvalue weighted by Crippen LogP contribution is -2.60. The van der Waals surface area contributed by atoms with Crippen molar-refractivity contribution < 1.29 is 13.9 Å². The molecule has 2 saturated heterocycles. The molecule has 0 amide bonds. The molecule has 0 spiro atoms. The number of guanidine groups is 1. The zero-order valence-electron chi connectivity index (χ0n) is 17.2. The molecule has 2 atom stereocenters. The van der Waals surface area contributed by atoms with Crippen LogP contribution in [0.15, 0.2) is 29.3 Å². The lowest BCUT2D eigenvalue weighted by molar-refractivity contribution is -0.0120. The van der Waals surface area contributed by atoms with Gasteiger partial charge in [-0.15, -0.1) is 24.0 Å². The van der Waals surface area contributed by atoms with Gasteiger partial charge in [0.2, 0.25) is 0 Å². The smallest absolute Gasteiger partial charge is 0.191 e. The molecule has 6 nitrogen and oxygen atoms in total. The van der Waals surface area contributed by atoms with E-state index in [0.29, 0.717) is 12.3 Å². The lowest BCUT2D eigenvalue weighted by atomic mass is 9.95. The highest BCUT2D eigenvalue weighted by atomic mass is 127.